The fourth-order valence-electron chi connectivity index (χ4n) is 1.58. The first kappa shape index (κ1) is 11.8. The Hall–Kier alpha value is -1.66. The van der Waals surface area contributed by atoms with Crippen LogP contribution in [0.3, 0.4) is 0 Å². The van der Waals surface area contributed by atoms with Crippen molar-refractivity contribution in [2.45, 2.75) is 13.1 Å². The van der Waals surface area contributed by atoms with Gasteiger partial charge in [-0.1, -0.05) is 6.07 Å². The normalized spacial score (nSPS) is 10.6. The fraction of sp³-hybridized carbons (Fsp3) is 0.273. The molecule has 2 heterocycles. The van der Waals surface area contributed by atoms with Crippen molar-refractivity contribution >= 4 is 11.3 Å². The lowest BCUT2D eigenvalue weighted by atomic mass is 10.4. The second-order valence-corrected chi connectivity index (χ2v) is 4.62. The first-order valence-corrected chi connectivity index (χ1v) is 6.13. The van der Waals surface area contributed by atoms with Gasteiger partial charge in [-0.25, -0.2) is 4.79 Å². The van der Waals surface area contributed by atoms with Crippen molar-refractivity contribution in [1.29, 1.82) is 0 Å². The van der Waals surface area contributed by atoms with Crippen LogP contribution in [0.1, 0.15) is 4.88 Å². The van der Waals surface area contributed by atoms with Gasteiger partial charge in [-0.2, -0.15) is 0 Å². The SMILES string of the molecule is NCCn1c(=O)ccn(Cc2cccs2)c1=O. The van der Waals surface area contributed by atoms with E-state index in [4.69, 9.17) is 5.73 Å². The monoisotopic (exact) mass is 251 g/mol. The van der Waals surface area contributed by atoms with Gasteiger partial charge in [0.05, 0.1) is 6.54 Å². The summed E-state index contributed by atoms with van der Waals surface area (Å²) >= 11 is 1.58. The van der Waals surface area contributed by atoms with Crippen molar-refractivity contribution in [2.24, 2.45) is 5.73 Å². The zero-order valence-corrected chi connectivity index (χ0v) is 10.0. The van der Waals surface area contributed by atoms with E-state index >= 15 is 0 Å². The average Bonchev–Trinajstić information content (AvgIpc) is 2.81. The van der Waals surface area contributed by atoms with Gasteiger partial charge in [-0.15, -0.1) is 11.3 Å². The number of aromatic nitrogens is 2. The molecule has 2 aromatic heterocycles. The fourth-order valence-corrected chi connectivity index (χ4v) is 2.29. The van der Waals surface area contributed by atoms with E-state index in [1.165, 1.54) is 16.8 Å². The van der Waals surface area contributed by atoms with Crippen molar-refractivity contribution in [1.82, 2.24) is 9.13 Å². The summed E-state index contributed by atoms with van der Waals surface area (Å²) in [5, 5.41) is 1.95. The molecular formula is C11H13N3O2S. The molecule has 6 heteroatoms. The molecule has 90 valence electrons. The van der Waals surface area contributed by atoms with Gasteiger partial charge in [0.25, 0.3) is 5.56 Å². The number of rotatable bonds is 4. The smallest absolute Gasteiger partial charge is 0.329 e. The second kappa shape index (κ2) is 5.11. The van der Waals surface area contributed by atoms with Crippen LogP contribution < -0.4 is 17.0 Å². The third-order valence-corrected chi connectivity index (χ3v) is 3.26. The molecule has 0 unspecified atom stereocenters. The van der Waals surface area contributed by atoms with Crippen molar-refractivity contribution in [3.63, 3.8) is 0 Å². The molecule has 2 rings (SSSR count). The number of nitrogens with two attached hydrogens (primary N) is 1. The maximum atomic E-state index is 12.0. The molecule has 0 radical (unpaired) electrons. The van der Waals surface area contributed by atoms with Gasteiger partial charge in [0.1, 0.15) is 0 Å². The van der Waals surface area contributed by atoms with Crippen LogP contribution >= 0.6 is 11.3 Å². The molecule has 2 N–H and O–H groups in total. The molecule has 0 aliphatic rings. The minimum Gasteiger partial charge on any atom is -0.329 e. The summed E-state index contributed by atoms with van der Waals surface area (Å²) in [5.74, 6) is 0. The first-order valence-electron chi connectivity index (χ1n) is 5.25. The van der Waals surface area contributed by atoms with Crippen LogP contribution in [0.15, 0.2) is 39.4 Å². The summed E-state index contributed by atoms with van der Waals surface area (Å²) in [6.07, 6.45) is 1.53. The zero-order valence-electron chi connectivity index (χ0n) is 9.20. The predicted octanol–water partition coefficient (Wildman–Crippen LogP) is 0.0785. The largest absolute Gasteiger partial charge is 0.331 e. The maximum absolute atomic E-state index is 12.0. The molecule has 0 saturated carbocycles. The van der Waals surface area contributed by atoms with Crippen LogP contribution in [0.5, 0.6) is 0 Å². The van der Waals surface area contributed by atoms with Gasteiger partial charge >= 0.3 is 5.69 Å². The molecular weight excluding hydrogens is 238 g/mol. The van der Waals surface area contributed by atoms with Gasteiger partial charge in [0.2, 0.25) is 0 Å². The molecule has 0 saturated heterocycles. The Bertz CT molecular complexity index is 598. The van der Waals surface area contributed by atoms with Gasteiger partial charge in [-0.05, 0) is 11.4 Å². The summed E-state index contributed by atoms with van der Waals surface area (Å²) in [5.41, 5.74) is 4.77. The minimum atomic E-state index is -0.309. The van der Waals surface area contributed by atoms with E-state index < -0.39 is 0 Å². The highest BCUT2D eigenvalue weighted by atomic mass is 32.1. The Morgan fingerprint density at radius 3 is 2.76 bits per heavy atom. The Kier molecular flexibility index (Phi) is 3.55. The average molecular weight is 251 g/mol. The Balaban J connectivity index is 2.39. The molecule has 0 fully saturated rings. The van der Waals surface area contributed by atoms with Crippen LogP contribution in [-0.2, 0) is 13.1 Å². The van der Waals surface area contributed by atoms with Crippen LogP contribution in [0.4, 0.5) is 0 Å². The summed E-state index contributed by atoms with van der Waals surface area (Å²) < 4.78 is 2.68. The highest BCUT2D eigenvalue weighted by Crippen LogP contribution is 2.08. The van der Waals surface area contributed by atoms with Crippen LogP contribution in [0, 0.1) is 0 Å². The molecule has 2 aromatic rings. The lowest BCUT2D eigenvalue weighted by Gasteiger charge is -2.07. The summed E-state index contributed by atoms with van der Waals surface area (Å²) in [6.45, 7) is 1.02. The Morgan fingerprint density at radius 2 is 2.12 bits per heavy atom. The molecule has 5 nitrogen and oxygen atoms in total. The van der Waals surface area contributed by atoms with Gasteiger partial charge in [0, 0.05) is 30.2 Å². The summed E-state index contributed by atoms with van der Waals surface area (Å²) in [7, 11) is 0. The highest BCUT2D eigenvalue weighted by molar-refractivity contribution is 7.09. The lowest BCUT2D eigenvalue weighted by Crippen LogP contribution is -2.40. The van der Waals surface area contributed by atoms with Crippen LogP contribution in [0.2, 0.25) is 0 Å². The highest BCUT2D eigenvalue weighted by Gasteiger charge is 2.05. The third-order valence-electron chi connectivity index (χ3n) is 2.40. The van der Waals surface area contributed by atoms with Crippen molar-refractivity contribution < 1.29 is 0 Å². The number of thiophene rings is 1. The number of hydrogen-bond donors (Lipinski definition) is 1. The van der Waals surface area contributed by atoms with Crippen LogP contribution in [-0.4, -0.2) is 15.7 Å². The van der Waals surface area contributed by atoms with E-state index in [0.717, 1.165) is 9.44 Å². The Labute approximate surface area is 102 Å². The van der Waals surface area contributed by atoms with E-state index in [1.807, 2.05) is 17.5 Å². The van der Waals surface area contributed by atoms with Crippen LogP contribution in [0.25, 0.3) is 0 Å². The third kappa shape index (κ3) is 2.54. The molecule has 0 bridgehead atoms. The van der Waals surface area contributed by atoms with Crippen molar-refractivity contribution in [2.75, 3.05) is 6.54 Å². The van der Waals surface area contributed by atoms with Gasteiger partial charge < -0.3 is 5.73 Å². The summed E-state index contributed by atoms with van der Waals surface area (Å²) in [4.78, 5) is 24.5. The van der Waals surface area contributed by atoms with Crippen molar-refractivity contribution in [3.8, 4) is 0 Å². The molecule has 0 aromatic carbocycles. The first-order chi connectivity index (χ1) is 8.22. The van der Waals surface area contributed by atoms with E-state index in [9.17, 15) is 9.59 Å². The predicted molar refractivity (Wildman–Crippen MR) is 67.4 cm³/mol. The van der Waals surface area contributed by atoms with Gasteiger partial charge in [0.15, 0.2) is 0 Å². The molecule has 0 aliphatic heterocycles. The lowest BCUT2D eigenvalue weighted by molar-refractivity contribution is 0.581. The molecule has 0 spiro atoms. The van der Waals surface area contributed by atoms with E-state index in [1.54, 1.807) is 11.3 Å². The quantitative estimate of drug-likeness (QED) is 0.836. The maximum Gasteiger partial charge on any atom is 0.331 e. The van der Waals surface area contributed by atoms with Crippen molar-refractivity contribution in [3.05, 3.63) is 55.5 Å². The van der Waals surface area contributed by atoms with E-state index in [-0.39, 0.29) is 24.3 Å². The summed E-state index contributed by atoms with van der Waals surface area (Å²) in [6, 6.07) is 5.28. The van der Waals surface area contributed by atoms with E-state index in [2.05, 4.69) is 0 Å². The van der Waals surface area contributed by atoms with E-state index in [0.29, 0.717) is 6.54 Å². The number of hydrogen-bond acceptors (Lipinski definition) is 4. The zero-order chi connectivity index (χ0) is 12.3. The Morgan fingerprint density at radius 1 is 1.29 bits per heavy atom. The number of nitrogens with zero attached hydrogens (tertiary/aromatic N) is 2. The molecule has 0 aliphatic carbocycles. The standard InChI is InChI=1S/C11H13N3O2S/c12-4-6-14-10(15)3-5-13(11(14)16)8-9-2-1-7-17-9/h1-3,5,7H,4,6,8,12H2. The molecule has 0 amide bonds. The topological polar surface area (TPSA) is 70.0 Å². The second-order valence-electron chi connectivity index (χ2n) is 3.58. The van der Waals surface area contributed by atoms with Gasteiger partial charge in [-0.3, -0.25) is 13.9 Å². The minimum absolute atomic E-state index is 0.253. The molecule has 0 atom stereocenters. The molecule has 17 heavy (non-hydrogen) atoms.